The number of allylic oxidation sites excluding steroid dienone is 1. The molecule has 3 heteroatoms. The molecule has 1 aromatic rings. The van der Waals surface area contributed by atoms with Crippen molar-refractivity contribution in [3.05, 3.63) is 35.2 Å². The third kappa shape index (κ3) is 2.99. The molecule has 0 fully saturated rings. The number of aromatic nitrogens is 1. The molecule has 1 amide bonds. The lowest BCUT2D eigenvalue weighted by Crippen LogP contribution is -2.24. The van der Waals surface area contributed by atoms with Gasteiger partial charge in [-0.05, 0) is 32.4 Å². The maximum absolute atomic E-state index is 11.6. The van der Waals surface area contributed by atoms with Gasteiger partial charge in [-0.25, -0.2) is 0 Å². The van der Waals surface area contributed by atoms with E-state index in [1.165, 1.54) is 5.69 Å². The highest BCUT2D eigenvalue weighted by atomic mass is 16.1. The predicted octanol–water partition coefficient (Wildman–Crippen LogP) is 2.31. The van der Waals surface area contributed by atoms with Crippen LogP contribution in [0, 0.1) is 6.92 Å². The van der Waals surface area contributed by atoms with Crippen molar-refractivity contribution in [1.82, 2.24) is 9.88 Å². The summed E-state index contributed by atoms with van der Waals surface area (Å²) in [7, 11) is 2.01. The maximum Gasteiger partial charge on any atom is 0.246 e. The first-order chi connectivity index (χ1) is 7.56. The van der Waals surface area contributed by atoms with Crippen molar-refractivity contribution >= 4 is 5.91 Å². The van der Waals surface area contributed by atoms with Crippen molar-refractivity contribution in [3.8, 4) is 0 Å². The summed E-state index contributed by atoms with van der Waals surface area (Å²) < 4.78 is 2.08. The van der Waals surface area contributed by atoms with Crippen molar-refractivity contribution in [2.24, 2.45) is 7.05 Å². The quantitative estimate of drug-likeness (QED) is 0.776. The van der Waals surface area contributed by atoms with Gasteiger partial charge in [0.25, 0.3) is 0 Å². The van der Waals surface area contributed by atoms with E-state index >= 15 is 0 Å². The molecule has 1 N–H and O–H groups in total. The van der Waals surface area contributed by atoms with Crippen molar-refractivity contribution in [3.63, 3.8) is 0 Å². The summed E-state index contributed by atoms with van der Waals surface area (Å²) in [4.78, 5) is 11.6. The zero-order chi connectivity index (χ0) is 12.1. The van der Waals surface area contributed by atoms with Gasteiger partial charge in [0.2, 0.25) is 5.91 Å². The Morgan fingerprint density at radius 3 is 2.69 bits per heavy atom. The Labute approximate surface area is 97.2 Å². The second-order valence-electron chi connectivity index (χ2n) is 4.00. The molecule has 0 unspecified atom stereocenters. The lowest BCUT2D eigenvalue weighted by molar-refractivity contribution is -0.117. The highest BCUT2D eigenvalue weighted by Crippen LogP contribution is 2.05. The van der Waals surface area contributed by atoms with Crippen LogP contribution in [0.2, 0.25) is 0 Å². The minimum atomic E-state index is 0.0145. The van der Waals surface area contributed by atoms with Crippen LogP contribution in [0.3, 0.4) is 0 Å². The Balaban J connectivity index is 2.56. The van der Waals surface area contributed by atoms with Crippen LogP contribution in [0.1, 0.15) is 31.7 Å². The third-order valence-electron chi connectivity index (χ3n) is 2.78. The molecule has 1 rings (SSSR count). The van der Waals surface area contributed by atoms with Crippen LogP contribution in [0.15, 0.2) is 23.8 Å². The van der Waals surface area contributed by atoms with Gasteiger partial charge in [-0.3, -0.25) is 4.79 Å². The molecule has 0 spiro atoms. The summed E-state index contributed by atoms with van der Waals surface area (Å²) in [5.41, 5.74) is 3.11. The fourth-order valence-electron chi connectivity index (χ4n) is 1.55. The lowest BCUT2D eigenvalue weighted by atomic mass is 10.2. The Morgan fingerprint density at radius 2 is 2.19 bits per heavy atom. The molecule has 0 radical (unpaired) electrons. The molecule has 1 heterocycles. The molecule has 0 atom stereocenters. The Kier molecular flexibility index (Phi) is 4.35. The van der Waals surface area contributed by atoms with Crippen LogP contribution in [0.5, 0.6) is 0 Å². The van der Waals surface area contributed by atoms with Crippen LogP contribution in [-0.2, 0) is 18.4 Å². The van der Waals surface area contributed by atoms with E-state index in [-0.39, 0.29) is 5.91 Å². The predicted molar refractivity (Wildman–Crippen MR) is 66.0 cm³/mol. The smallest absolute Gasteiger partial charge is 0.246 e. The second kappa shape index (κ2) is 5.54. The fourth-order valence-corrected chi connectivity index (χ4v) is 1.55. The molecule has 88 valence electrons. The SMILES string of the molecule is CC/C=C(\C)C(=O)NCc1ccc(C)n1C. The number of nitrogens with one attached hydrogen (secondary N) is 1. The van der Waals surface area contributed by atoms with Gasteiger partial charge in [-0.2, -0.15) is 0 Å². The van der Waals surface area contributed by atoms with Crippen molar-refractivity contribution in [2.45, 2.75) is 33.7 Å². The zero-order valence-corrected chi connectivity index (χ0v) is 10.5. The molecule has 0 aliphatic rings. The van der Waals surface area contributed by atoms with E-state index in [0.29, 0.717) is 6.54 Å². The Hall–Kier alpha value is -1.51. The number of nitrogens with zero attached hydrogens (tertiary/aromatic N) is 1. The molecule has 0 saturated carbocycles. The number of rotatable bonds is 4. The van der Waals surface area contributed by atoms with Crippen molar-refractivity contribution in [2.75, 3.05) is 0 Å². The van der Waals surface area contributed by atoms with Gasteiger partial charge < -0.3 is 9.88 Å². The summed E-state index contributed by atoms with van der Waals surface area (Å²) in [6.45, 7) is 6.50. The van der Waals surface area contributed by atoms with Gasteiger partial charge in [0.15, 0.2) is 0 Å². The van der Waals surface area contributed by atoms with E-state index < -0.39 is 0 Å². The molecule has 0 bridgehead atoms. The summed E-state index contributed by atoms with van der Waals surface area (Å²) in [6.07, 6.45) is 2.83. The molecule has 0 aromatic carbocycles. The van der Waals surface area contributed by atoms with Crippen LogP contribution in [-0.4, -0.2) is 10.5 Å². The Bertz CT molecular complexity index is 402. The molecular formula is C13H20N2O. The van der Waals surface area contributed by atoms with Gasteiger partial charge in [0, 0.05) is 24.0 Å². The molecule has 3 nitrogen and oxygen atoms in total. The van der Waals surface area contributed by atoms with E-state index in [1.807, 2.05) is 40.0 Å². The molecule has 1 aromatic heterocycles. The average molecular weight is 220 g/mol. The number of aryl methyl sites for hydroxylation is 1. The number of carbonyl (C=O) groups excluding carboxylic acids is 1. The van der Waals surface area contributed by atoms with Crippen LogP contribution >= 0.6 is 0 Å². The van der Waals surface area contributed by atoms with E-state index in [2.05, 4.69) is 16.0 Å². The Morgan fingerprint density at radius 1 is 1.50 bits per heavy atom. The first-order valence-electron chi connectivity index (χ1n) is 5.62. The normalized spacial score (nSPS) is 11.6. The van der Waals surface area contributed by atoms with Crippen molar-refractivity contribution < 1.29 is 4.79 Å². The maximum atomic E-state index is 11.6. The average Bonchev–Trinajstić information content (AvgIpc) is 2.57. The van der Waals surface area contributed by atoms with Gasteiger partial charge in [-0.15, -0.1) is 0 Å². The molecule has 0 aliphatic carbocycles. The first kappa shape index (κ1) is 12.6. The standard InChI is InChI=1S/C13H20N2O/c1-5-6-10(2)13(16)14-9-12-8-7-11(3)15(12)4/h6-8H,5,9H2,1-4H3,(H,14,16)/b10-6+. The van der Waals surface area contributed by atoms with Gasteiger partial charge in [0.05, 0.1) is 6.54 Å². The van der Waals surface area contributed by atoms with Gasteiger partial charge in [-0.1, -0.05) is 13.0 Å². The molecule has 16 heavy (non-hydrogen) atoms. The van der Waals surface area contributed by atoms with Gasteiger partial charge >= 0.3 is 0 Å². The third-order valence-corrected chi connectivity index (χ3v) is 2.78. The summed E-state index contributed by atoms with van der Waals surface area (Å²) in [5.74, 6) is 0.0145. The fraction of sp³-hybridized carbons (Fsp3) is 0.462. The molecule has 0 aliphatic heterocycles. The molecular weight excluding hydrogens is 200 g/mol. The summed E-state index contributed by atoms with van der Waals surface area (Å²) in [6, 6.07) is 4.09. The largest absolute Gasteiger partial charge is 0.350 e. The second-order valence-corrected chi connectivity index (χ2v) is 4.00. The molecule has 0 saturated heterocycles. The highest BCUT2D eigenvalue weighted by molar-refractivity contribution is 5.92. The number of hydrogen-bond donors (Lipinski definition) is 1. The monoisotopic (exact) mass is 220 g/mol. The number of amides is 1. The van der Waals surface area contributed by atoms with Crippen LogP contribution < -0.4 is 5.32 Å². The van der Waals surface area contributed by atoms with Crippen LogP contribution in [0.25, 0.3) is 0 Å². The minimum absolute atomic E-state index is 0.0145. The number of hydrogen-bond acceptors (Lipinski definition) is 1. The lowest BCUT2D eigenvalue weighted by Gasteiger charge is -2.07. The number of carbonyl (C=O) groups is 1. The topological polar surface area (TPSA) is 34.0 Å². The van der Waals surface area contributed by atoms with Crippen LogP contribution in [0.4, 0.5) is 0 Å². The summed E-state index contributed by atoms with van der Waals surface area (Å²) in [5, 5.41) is 2.91. The highest BCUT2D eigenvalue weighted by Gasteiger charge is 2.05. The summed E-state index contributed by atoms with van der Waals surface area (Å²) >= 11 is 0. The minimum Gasteiger partial charge on any atom is -0.350 e. The zero-order valence-electron chi connectivity index (χ0n) is 10.5. The van der Waals surface area contributed by atoms with Gasteiger partial charge in [0.1, 0.15) is 0 Å². The van der Waals surface area contributed by atoms with E-state index in [4.69, 9.17) is 0 Å². The van der Waals surface area contributed by atoms with Crippen molar-refractivity contribution in [1.29, 1.82) is 0 Å². The first-order valence-corrected chi connectivity index (χ1v) is 5.62. The van der Waals surface area contributed by atoms with E-state index in [9.17, 15) is 4.79 Å². The van der Waals surface area contributed by atoms with E-state index in [1.54, 1.807) is 0 Å². The van der Waals surface area contributed by atoms with E-state index in [0.717, 1.165) is 17.7 Å².